The monoisotopic (exact) mass is 469 g/mol. The number of carbonyl (C=O) groups is 1. The van der Waals surface area contributed by atoms with Crippen molar-refractivity contribution >= 4 is 22.7 Å². The Kier molecular flexibility index (Phi) is 10.7. The molecule has 3 rings (SSSR count). The molecular formula is C28H36FNO2S. The number of Topliss-reactive ketones (excluding diaryl/α,β-unsaturated/α-hetero) is 1. The fraction of sp³-hybridized carbons (Fsp3) is 0.429. The summed E-state index contributed by atoms with van der Waals surface area (Å²) in [7, 11) is 0. The van der Waals surface area contributed by atoms with Crippen LogP contribution >= 0.6 is 11.3 Å². The molecule has 1 unspecified atom stereocenters. The summed E-state index contributed by atoms with van der Waals surface area (Å²) >= 11 is 1.53. The first kappa shape index (κ1) is 26.7. The molecule has 1 atom stereocenters. The van der Waals surface area contributed by atoms with E-state index in [1.807, 2.05) is 31.4 Å². The average Bonchev–Trinajstić information content (AvgIpc) is 3.27. The van der Waals surface area contributed by atoms with Gasteiger partial charge in [0.25, 0.3) is 0 Å². The Labute approximate surface area is 202 Å². The molecular weight excluding hydrogens is 433 g/mol. The highest BCUT2D eigenvalue weighted by atomic mass is 32.1. The molecule has 1 fully saturated rings. The van der Waals surface area contributed by atoms with Crippen molar-refractivity contribution in [1.29, 1.82) is 0 Å². The number of ketones is 1. The summed E-state index contributed by atoms with van der Waals surface area (Å²) < 4.78 is 18.3. The highest BCUT2D eigenvalue weighted by molar-refractivity contribution is 7.10. The molecule has 0 saturated heterocycles. The van der Waals surface area contributed by atoms with E-state index in [4.69, 9.17) is 4.74 Å². The molecule has 0 bridgehead atoms. The number of aromatic nitrogens is 1. The third-order valence-electron chi connectivity index (χ3n) is 5.68. The Hall–Kier alpha value is -2.53. The Morgan fingerprint density at radius 1 is 1.24 bits per heavy atom. The van der Waals surface area contributed by atoms with Crippen LogP contribution in [0.5, 0.6) is 5.75 Å². The molecule has 1 aromatic carbocycles. The van der Waals surface area contributed by atoms with Crippen LogP contribution in [-0.4, -0.2) is 17.4 Å². The molecule has 0 amide bonds. The van der Waals surface area contributed by atoms with Crippen molar-refractivity contribution in [3.8, 4) is 5.75 Å². The van der Waals surface area contributed by atoms with Gasteiger partial charge in [-0.05, 0) is 82.1 Å². The number of hydrogen-bond acceptors (Lipinski definition) is 4. The van der Waals surface area contributed by atoms with Crippen molar-refractivity contribution in [3.63, 3.8) is 0 Å². The van der Waals surface area contributed by atoms with Crippen LogP contribution in [0.4, 0.5) is 4.39 Å². The van der Waals surface area contributed by atoms with Crippen LogP contribution in [0.25, 0.3) is 5.57 Å². The van der Waals surface area contributed by atoms with Gasteiger partial charge in [-0.3, -0.25) is 4.79 Å². The quantitative estimate of drug-likeness (QED) is 0.277. The second kappa shape index (κ2) is 13.2. The van der Waals surface area contributed by atoms with Gasteiger partial charge in [-0.2, -0.15) is 0 Å². The molecule has 1 aliphatic carbocycles. The average molecular weight is 470 g/mol. The van der Waals surface area contributed by atoms with Crippen molar-refractivity contribution in [2.75, 3.05) is 6.61 Å². The molecule has 0 N–H and O–H groups in total. The number of rotatable bonds is 9. The van der Waals surface area contributed by atoms with Gasteiger partial charge < -0.3 is 4.74 Å². The lowest BCUT2D eigenvalue weighted by atomic mass is 9.72. The van der Waals surface area contributed by atoms with E-state index in [0.29, 0.717) is 5.92 Å². The van der Waals surface area contributed by atoms with Gasteiger partial charge >= 0.3 is 0 Å². The summed E-state index contributed by atoms with van der Waals surface area (Å²) in [6.07, 6.45) is 9.54. The number of carbonyl (C=O) groups excluding carboxylic acids is 1. The van der Waals surface area contributed by atoms with E-state index in [1.54, 1.807) is 25.3 Å². The molecule has 5 heteroatoms. The minimum atomic E-state index is -0.214. The third kappa shape index (κ3) is 9.47. The number of halogens is 1. The van der Waals surface area contributed by atoms with Gasteiger partial charge in [0.2, 0.25) is 0 Å². The van der Waals surface area contributed by atoms with E-state index in [0.717, 1.165) is 45.9 Å². The van der Waals surface area contributed by atoms with Gasteiger partial charge in [-0.25, -0.2) is 9.37 Å². The number of ether oxygens (including phenoxy) is 1. The van der Waals surface area contributed by atoms with E-state index < -0.39 is 0 Å². The summed E-state index contributed by atoms with van der Waals surface area (Å²) in [5.74, 6) is 3.02. The molecule has 1 aromatic heterocycles. The molecule has 0 spiro atoms. The predicted molar refractivity (Wildman–Crippen MR) is 137 cm³/mol. The lowest BCUT2D eigenvalue weighted by Gasteiger charge is -2.34. The largest absolute Gasteiger partial charge is 0.493 e. The van der Waals surface area contributed by atoms with Gasteiger partial charge in [0.05, 0.1) is 6.61 Å². The highest BCUT2D eigenvalue weighted by Crippen LogP contribution is 2.37. The molecule has 3 nitrogen and oxygen atoms in total. The Morgan fingerprint density at radius 3 is 2.42 bits per heavy atom. The van der Waals surface area contributed by atoms with Crippen molar-refractivity contribution in [2.45, 2.75) is 53.9 Å². The van der Waals surface area contributed by atoms with Crippen LogP contribution in [0.2, 0.25) is 0 Å². The first-order chi connectivity index (χ1) is 15.7. The maximum absolute atomic E-state index is 12.7. The number of benzene rings is 1. The lowest BCUT2D eigenvalue weighted by Crippen LogP contribution is -2.24. The standard InChI is InChI=1S/C15H21FO.C13H15NOS/c1-11-7-13(8-11)9-12(2)10-17-15-5-3-14(16)4-6-15;1-9(2)5-6-12(10(3)11(4)15)13-14-7-8-16-13/h3-6,11-13H,7-10H2,1-2H3;5-8H,1H2,2-4H3/b;6-5-,12-10-. The van der Waals surface area contributed by atoms with E-state index >= 15 is 0 Å². The van der Waals surface area contributed by atoms with E-state index in [9.17, 15) is 9.18 Å². The summed E-state index contributed by atoms with van der Waals surface area (Å²) in [6.45, 7) is 14.4. The zero-order valence-corrected chi connectivity index (χ0v) is 21.3. The molecule has 1 heterocycles. The number of nitrogens with zero attached hydrogens (tertiary/aromatic N) is 1. The van der Waals surface area contributed by atoms with Crippen LogP contribution < -0.4 is 4.74 Å². The first-order valence-electron chi connectivity index (χ1n) is 11.5. The van der Waals surface area contributed by atoms with Gasteiger partial charge in [0, 0.05) is 22.7 Å². The van der Waals surface area contributed by atoms with Gasteiger partial charge in [-0.1, -0.05) is 38.2 Å². The summed E-state index contributed by atoms with van der Waals surface area (Å²) in [6, 6.07) is 6.25. The first-order valence-corrected chi connectivity index (χ1v) is 12.4. The molecule has 0 aliphatic heterocycles. The van der Waals surface area contributed by atoms with Crippen molar-refractivity contribution in [3.05, 3.63) is 76.5 Å². The van der Waals surface area contributed by atoms with Crippen LogP contribution in [0.1, 0.15) is 58.9 Å². The summed E-state index contributed by atoms with van der Waals surface area (Å²) in [4.78, 5) is 15.6. The van der Waals surface area contributed by atoms with Crippen molar-refractivity contribution in [1.82, 2.24) is 4.98 Å². The number of thiazole rings is 1. The maximum atomic E-state index is 12.7. The maximum Gasteiger partial charge on any atom is 0.156 e. The van der Waals surface area contributed by atoms with E-state index in [2.05, 4.69) is 25.4 Å². The number of allylic oxidation sites excluding steroid dienone is 5. The van der Waals surface area contributed by atoms with Crippen molar-refractivity contribution < 1.29 is 13.9 Å². The van der Waals surface area contributed by atoms with Crippen LogP contribution in [0.3, 0.4) is 0 Å². The third-order valence-corrected chi connectivity index (χ3v) is 6.49. The molecule has 1 saturated carbocycles. The minimum Gasteiger partial charge on any atom is -0.493 e. The van der Waals surface area contributed by atoms with Crippen molar-refractivity contribution in [2.24, 2.45) is 17.8 Å². The highest BCUT2D eigenvalue weighted by Gasteiger charge is 2.26. The molecule has 1 aliphatic rings. The Morgan fingerprint density at radius 2 is 1.91 bits per heavy atom. The van der Waals surface area contributed by atoms with Crippen LogP contribution in [0.15, 0.2) is 65.7 Å². The fourth-order valence-corrected chi connectivity index (χ4v) is 4.52. The summed E-state index contributed by atoms with van der Waals surface area (Å²) in [5, 5.41) is 2.77. The molecule has 0 radical (unpaired) electrons. The zero-order valence-electron chi connectivity index (χ0n) is 20.4. The second-order valence-corrected chi connectivity index (χ2v) is 10.1. The molecule has 178 valence electrons. The zero-order chi connectivity index (χ0) is 24.4. The molecule has 2 aromatic rings. The summed E-state index contributed by atoms with van der Waals surface area (Å²) in [5.41, 5.74) is 2.56. The molecule has 33 heavy (non-hydrogen) atoms. The predicted octanol–water partition coefficient (Wildman–Crippen LogP) is 7.91. The lowest BCUT2D eigenvalue weighted by molar-refractivity contribution is -0.113. The fourth-order valence-electron chi connectivity index (χ4n) is 3.80. The van der Waals surface area contributed by atoms with Gasteiger partial charge in [-0.15, -0.1) is 11.3 Å². The number of hydrogen-bond donors (Lipinski definition) is 0. The van der Waals surface area contributed by atoms with Crippen LogP contribution in [0, 0.1) is 23.6 Å². The smallest absolute Gasteiger partial charge is 0.156 e. The Bertz CT molecular complexity index is 954. The van der Waals surface area contributed by atoms with Crippen LogP contribution in [-0.2, 0) is 4.79 Å². The van der Waals surface area contributed by atoms with E-state index in [-0.39, 0.29) is 11.6 Å². The topological polar surface area (TPSA) is 39.2 Å². The SMILES string of the molecule is C=C(C)/C=C\C(=C(/C)C(C)=O)c1nccs1.CC(COc1ccc(F)cc1)CC1CC(C)C1. The minimum absolute atomic E-state index is 0.0663. The normalized spacial score (nSPS) is 19.1. The van der Waals surface area contributed by atoms with Gasteiger partial charge in [0.15, 0.2) is 5.78 Å². The van der Waals surface area contributed by atoms with Gasteiger partial charge in [0.1, 0.15) is 16.6 Å². The van der Waals surface area contributed by atoms with E-state index in [1.165, 1.54) is 42.7 Å². The Balaban J connectivity index is 0.000000234. The second-order valence-electron chi connectivity index (χ2n) is 9.16.